The summed E-state index contributed by atoms with van der Waals surface area (Å²) in [5, 5.41) is 10.6. The molecule has 570 valence electrons. The van der Waals surface area contributed by atoms with E-state index in [0.717, 1.165) is 102 Å². The molecule has 0 bridgehead atoms. The molecule has 3 unspecified atom stereocenters. The first-order valence-corrected chi connectivity index (χ1v) is 43.2. The Labute approximate surface area is 588 Å². The van der Waals surface area contributed by atoms with E-state index in [0.29, 0.717) is 25.7 Å². The molecule has 0 amide bonds. The van der Waals surface area contributed by atoms with Crippen LogP contribution in [0, 0.1) is 5.92 Å². The summed E-state index contributed by atoms with van der Waals surface area (Å²) >= 11 is 0. The highest BCUT2D eigenvalue weighted by Gasteiger charge is 2.30. The number of phosphoric acid groups is 2. The van der Waals surface area contributed by atoms with Gasteiger partial charge in [-0.2, -0.15) is 0 Å². The first-order chi connectivity index (χ1) is 46.6. The average molecular weight is 1410 g/mol. The van der Waals surface area contributed by atoms with Gasteiger partial charge in [-0.1, -0.05) is 356 Å². The minimum atomic E-state index is -4.96. The minimum absolute atomic E-state index is 0.107. The van der Waals surface area contributed by atoms with Gasteiger partial charge in [-0.15, -0.1) is 0 Å². The average Bonchev–Trinajstić information content (AvgIpc) is 2.18. The molecule has 0 radical (unpaired) electrons. The van der Waals surface area contributed by atoms with Gasteiger partial charge in [-0.05, 0) is 31.6 Å². The Bertz CT molecular complexity index is 1840. The number of carbonyl (C=O) groups is 4. The Hall–Kier alpha value is -1.94. The fourth-order valence-corrected chi connectivity index (χ4v) is 13.4. The monoisotopic (exact) mass is 1410 g/mol. The van der Waals surface area contributed by atoms with Crippen molar-refractivity contribution in [1.82, 2.24) is 0 Å². The number of rotatable bonds is 77. The van der Waals surface area contributed by atoms with E-state index in [9.17, 15) is 43.2 Å². The molecule has 0 rings (SSSR count). The van der Waals surface area contributed by atoms with Crippen LogP contribution in [0.15, 0.2) is 0 Å². The summed E-state index contributed by atoms with van der Waals surface area (Å²) in [4.78, 5) is 72.8. The molecular weight excluding hydrogens is 1260 g/mol. The van der Waals surface area contributed by atoms with E-state index in [-0.39, 0.29) is 25.7 Å². The lowest BCUT2D eigenvalue weighted by atomic mass is 10.00. The summed E-state index contributed by atoms with van der Waals surface area (Å²) in [7, 11) is -9.91. The van der Waals surface area contributed by atoms with E-state index in [4.69, 9.17) is 37.0 Å². The van der Waals surface area contributed by atoms with Gasteiger partial charge in [-0.25, -0.2) is 9.13 Å². The number of hydrogen-bond acceptors (Lipinski definition) is 15. The predicted octanol–water partition coefficient (Wildman–Crippen LogP) is 22.9. The van der Waals surface area contributed by atoms with Crippen LogP contribution >= 0.6 is 15.6 Å². The first-order valence-electron chi connectivity index (χ1n) is 40.2. The number of esters is 4. The van der Waals surface area contributed by atoms with E-state index in [2.05, 4.69) is 34.6 Å². The zero-order valence-corrected chi connectivity index (χ0v) is 64.3. The minimum Gasteiger partial charge on any atom is -0.462 e. The second-order valence-electron chi connectivity index (χ2n) is 28.0. The Morgan fingerprint density at radius 3 is 0.740 bits per heavy atom. The van der Waals surface area contributed by atoms with E-state index in [1.807, 2.05) is 0 Å². The van der Waals surface area contributed by atoms with Gasteiger partial charge in [0.15, 0.2) is 12.2 Å². The number of unbranched alkanes of at least 4 members (excludes halogenated alkanes) is 48. The first kappa shape index (κ1) is 94.1. The molecule has 0 aliphatic rings. The molecule has 0 aromatic rings. The van der Waals surface area contributed by atoms with Crippen molar-refractivity contribution in [3.05, 3.63) is 0 Å². The number of aliphatic hydroxyl groups excluding tert-OH is 1. The van der Waals surface area contributed by atoms with Gasteiger partial charge in [-0.3, -0.25) is 37.3 Å². The second-order valence-corrected chi connectivity index (χ2v) is 30.9. The van der Waals surface area contributed by atoms with Crippen LogP contribution in [0.2, 0.25) is 0 Å². The molecule has 3 N–H and O–H groups in total. The summed E-state index contributed by atoms with van der Waals surface area (Å²) in [6.07, 6.45) is 59.7. The van der Waals surface area contributed by atoms with Crippen molar-refractivity contribution in [3.63, 3.8) is 0 Å². The van der Waals surface area contributed by atoms with Gasteiger partial charge in [0, 0.05) is 25.7 Å². The third-order valence-electron chi connectivity index (χ3n) is 18.4. The van der Waals surface area contributed by atoms with Crippen molar-refractivity contribution in [3.8, 4) is 0 Å². The summed E-state index contributed by atoms with van der Waals surface area (Å²) in [5.74, 6) is -1.38. The maximum atomic E-state index is 13.1. The molecule has 0 aliphatic carbocycles. The largest absolute Gasteiger partial charge is 0.472 e. The van der Waals surface area contributed by atoms with Crippen molar-refractivity contribution in [2.75, 3.05) is 39.6 Å². The molecule has 0 aromatic heterocycles. The van der Waals surface area contributed by atoms with Crippen LogP contribution in [0.25, 0.3) is 0 Å². The van der Waals surface area contributed by atoms with Crippen LogP contribution in [0.3, 0.4) is 0 Å². The number of ether oxygens (including phenoxy) is 4. The van der Waals surface area contributed by atoms with Gasteiger partial charge < -0.3 is 33.8 Å². The molecule has 6 atom stereocenters. The second kappa shape index (κ2) is 70.1. The lowest BCUT2D eigenvalue weighted by molar-refractivity contribution is -0.161. The van der Waals surface area contributed by atoms with E-state index in [1.165, 1.54) is 225 Å². The van der Waals surface area contributed by atoms with Gasteiger partial charge in [0.05, 0.1) is 26.4 Å². The summed E-state index contributed by atoms with van der Waals surface area (Å²) < 4.78 is 68.5. The lowest BCUT2D eigenvalue weighted by Gasteiger charge is -2.21. The molecule has 0 spiro atoms. The third kappa shape index (κ3) is 69.2. The Balaban J connectivity index is 5.20. The van der Waals surface area contributed by atoms with Gasteiger partial charge in [0.2, 0.25) is 0 Å². The molecule has 19 heteroatoms. The summed E-state index contributed by atoms with van der Waals surface area (Å²) in [6, 6.07) is 0. The van der Waals surface area contributed by atoms with Gasteiger partial charge in [0.25, 0.3) is 0 Å². The lowest BCUT2D eigenvalue weighted by Crippen LogP contribution is -2.30. The number of hydrogen-bond donors (Lipinski definition) is 3. The van der Waals surface area contributed by atoms with Crippen molar-refractivity contribution in [2.24, 2.45) is 5.92 Å². The normalized spacial score (nSPS) is 14.2. The number of phosphoric ester groups is 2. The van der Waals surface area contributed by atoms with Crippen molar-refractivity contribution < 1.29 is 80.2 Å². The molecule has 0 aliphatic heterocycles. The molecule has 96 heavy (non-hydrogen) atoms. The number of aliphatic hydroxyl groups is 1. The topological polar surface area (TPSA) is 237 Å². The van der Waals surface area contributed by atoms with Crippen LogP contribution in [0.1, 0.15) is 407 Å². The Kier molecular flexibility index (Phi) is 68.7. The van der Waals surface area contributed by atoms with Crippen molar-refractivity contribution >= 4 is 39.5 Å². The van der Waals surface area contributed by atoms with Crippen LogP contribution in [0.5, 0.6) is 0 Å². The van der Waals surface area contributed by atoms with E-state index in [1.54, 1.807) is 0 Å². The van der Waals surface area contributed by atoms with Crippen molar-refractivity contribution in [2.45, 2.75) is 425 Å². The summed E-state index contributed by atoms with van der Waals surface area (Å²) in [5.41, 5.74) is 0. The zero-order chi connectivity index (χ0) is 70.5. The molecule has 0 fully saturated rings. The van der Waals surface area contributed by atoms with Crippen LogP contribution in [-0.2, 0) is 65.4 Å². The molecule has 0 aromatic carbocycles. The predicted molar refractivity (Wildman–Crippen MR) is 391 cm³/mol. The Morgan fingerprint density at radius 2 is 0.500 bits per heavy atom. The SMILES string of the molecule is CCCCCCCCCCCCCCCCCCCCCCCC(=O)O[C@H](COC(=O)CCCCCCCCCCCCCCC)COP(=O)(O)OC[C@@H](O)COP(=O)(O)OC[C@@H](COC(=O)CCCCCCCCC(C)CC)OC(=O)CCCCCCCCCCCCCC. The van der Waals surface area contributed by atoms with Crippen LogP contribution in [0.4, 0.5) is 0 Å². The highest BCUT2D eigenvalue weighted by Crippen LogP contribution is 2.45. The van der Waals surface area contributed by atoms with E-state index < -0.39 is 97.5 Å². The van der Waals surface area contributed by atoms with Gasteiger partial charge in [0.1, 0.15) is 19.3 Å². The van der Waals surface area contributed by atoms with Gasteiger partial charge >= 0.3 is 39.5 Å². The fraction of sp³-hybridized carbons (Fsp3) is 0.948. The maximum absolute atomic E-state index is 13.1. The molecular formula is C77H150O17P2. The molecule has 0 saturated carbocycles. The number of carbonyl (C=O) groups excluding carboxylic acids is 4. The summed E-state index contributed by atoms with van der Waals surface area (Å²) in [6.45, 7) is 7.26. The van der Waals surface area contributed by atoms with Crippen LogP contribution < -0.4 is 0 Å². The molecule has 0 saturated heterocycles. The zero-order valence-electron chi connectivity index (χ0n) is 62.5. The van der Waals surface area contributed by atoms with Crippen molar-refractivity contribution in [1.29, 1.82) is 0 Å². The third-order valence-corrected chi connectivity index (χ3v) is 20.3. The molecule has 0 heterocycles. The highest BCUT2D eigenvalue weighted by atomic mass is 31.2. The molecule has 17 nitrogen and oxygen atoms in total. The van der Waals surface area contributed by atoms with E-state index >= 15 is 0 Å². The highest BCUT2D eigenvalue weighted by molar-refractivity contribution is 7.47. The maximum Gasteiger partial charge on any atom is 0.472 e. The van der Waals surface area contributed by atoms with Crippen LogP contribution in [-0.4, -0.2) is 96.7 Å². The standard InChI is InChI=1S/C77H150O17P2/c1-6-10-13-16-19-22-25-28-29-30-31-32-33-34-35-37-40-43-46-53-58-63-77(82)93-72(66-87-74(79)60-55-50-44-41-39-36-26-23-20-17-14-11-7-2)68-91-95(83,84)89-64-71(78)65-90-96(85,86)92-69-73(67-88-75(80)61-56-51-48-47-49-54-59-70(5)9-4)94-76(81)62-57-52-45-42-38-27-24-21-18-15-12-8-3/h70-73,78H,6-69H2,1-5H3,(H,83,84)(H,85,86)/t70?,71-,72-,73-/m1/s1. The smallest absolute Gasteiger partial charge is 0.462 e. The Morgan fingerprint density at radius 1 is 0.292 bits per heavy atom. The quantitative estimate of drug-likeness (QED) is 0.0222. The fourth-order valence-electron chi connectivity index (χ4n) is 11.8.